The van der Waals surface area contributed by atoms with Gasteiger partial charge in [0.05, 0.1) is 23.3 Å². The molecule has 0 fully saturated rings. The number of methoxy groups -OCH3 is 1. The average molecular weight is 306 g/mol. The van der Waals surface area contributed by atoms with Crippen LogP contribution in [0.5, 0.6) is 0 Å². The zero-order chi connectivity index (χ0) is 15.5. The molecule has 0 saturated heterocycles. The number of nitrogen functional groups attached to an aromatic ring is 1. The Kier molecular flexibility index (Phi) is 4.13. The molecule has 0 spiro atoms. The van der Waals surface area contributed by atoms with Crippen molar-refractivity contribution in [3.63, 3.8) is 0 Å². The van der Waals surface area contributed by atoms with Crippen LogP contribution in [0.3, 0.4) is 0 Å². The highest BCUT2D eigenvalue weighted by Crippen LogP contribution is 2.21. The number of nitrogens with two attached hydrogens (primary N) is 1. The van der Waals surface area contributed by atoms with E-state index >= 15 is 0 Å². The third-order valence-corrected chi connectivity index (χ3v) is 4.15. The molecule has 110 valence electrons. The summed E-state index contributed by atoms with van der Waals surface area (Å²) in [6.45, 7) is 0. The predicted molar refractivity (Wildman–Crippen MR) is 79.4 cm³/mol. The van der Waals surface area contributed by atoms with Gasteiger partial charge in [-0.2, -0.15) is 0 Å². The minimum Gasteiger partial charge on any atom is -0.465 e. The van der Waals surface area contributed by atoms with Crippen LogP contribution in [-0.4, -0.2) is 21.5 Å². The molecule has 21 heavy (non-hydrogen) atoms. The van der Waals surface area contributed by atoms with E-state index in [9.17, 15) is 13.2 Å². The van der Waals surface area contributed by atoms with Gasteiger partial charge in [-0.05, 0) is 36.4 Å². The Hall–Kier alpha value is -2.54. The fourth-order valence-electron chi connectivity index (χ4n) is 1.71. The van der Waals surface area contributed by atoms with Crippen molar-refractivity contribution in [1.82, 2.24) is 0 Å². The van der Waals surface area contributed by atoms with Crippen LogP contribution in [0.1, 0.15) is 10.4 Å². The summed E-state index contributed by atoms with van der Waals surface area (Å²) < 4.78 is 31.5. The van der Waals surface area contributed by atoms with E-state index in [0.717, 1.165) is 0 Å². The SMILES string of the molecule is COC(=O)c1ccccc1NS(=O)(=O)c1ccc(N)cc1. The van der Waals surface area contributed by atoms with Crippen molar-refractivity contribution in [2.45, 2.75) is 4.90 Å². The number of hydrogen-bond acceptors (Lipinski definition) is 5. The highest BCUT2D eigenvalue weighted by atomic mass is 32.2. The summed E-state index contributed by atoms with van der Waals surface area (Å²) in [5, 5.41) is 0. The number of para-hydroxylation sites is 1. The number of benzene rings is 2. The Morgan fingerprint density at radius 2 is 1.71 bits per heavy atom. The zero-order valence-electron chi connectivity index (χ0n) is 11.2. The summed E-state index contributed by atoms with van der Waals surface area (Å²) in [6, 6.07) is 12.0. The van der Waals surface area contributed by atoms with Gasteiger partial charge in [0.1, 0.15) is 0 Å². The molecule has 0 radical (unpaired) electrons. The predicted octanol–water partition coefficient (Wildman–Crippen LogP) is 1.86. The lowest BCUT2D eigenvalue weighted by molar-refractivity contribution is 0.0602. The summed E-state index contributed by atoms with van der Waals surface area (Å²) in [5.74, 6) is -0.620. The number of nitrogens with one attached hydrogen (secondary N) is 1. The number of ether oxygens (including phenoxy) is 1. The van der Waals surface area contributed by atoms with Crippen LogP contribution in [0, 0.1) is 0 Å². The molecule has 0 aliphatic carbocycles. The van der Waals surface area contributed by atoms with Gasteiger partial charge in [-0.25, -0.2) is 13.2 Å². The molecule has 0 atom stereocenters. The monoisotopic (exact) mass is 306 g/mol. The van der Waals surface area contributed by atoms with Crippen LogP contribution in [-0.2, 0) is 14.8 Å². The molecule has 2 aromatic rings. The van der Waals surface area contributed by atoms with Crippen molar-refractivity contribution in [3.8, 4) is 0 Å². The van der Waals surface area contributed by atoms with Crippen LogP contribution >= 0.6 is 0 Å². The molecular weight excluding hydrogens is 292 g/mol. The molecule has 7 heteroatoms. The molecule has 0 aromatic heterocycles. The van der Waals surface area contributed by atoms with Crippen LogP contribution in [0.25, 0.3) is 0 Å². The molecular formula is C14H14N2O4S. The summed E-state index contributed by atoms with van der Waals surface area (Å²) >= 11 is 0. The van der Waals surface area contributed by atoms with Crippen molar-refractivity contribution >= 4 is 27.4 Å². The third-order valence-electron chi connectivity index (χ3n) is 2.77. The number of carbonyl (C=O) groups excluding carboxylic acids is 1. The topological polar surface area (TPSA) is 98.5 Å². The molecule has 0 aliphatic rings. The second-order valence-corrected chi connectivity index (χ2v) is 5.89. The van der Waals surface area contributed by atoms with Gasteiger partial charge in [-0.1, -0.05) is 12.1 Å². The molecule has 0 aliphatic heterocycles. The van der Waals surface area contributed by atoms with Crippen LogP contribution in [0.2, 0.25) is 0 Å². The molecule has 0 amide bonds. The number of rotatable bonds is 4. The first-order chi connectivity index (χ1) is 9.94. The molecule has 3 N–H and O–H groups in total. The Labute approximate surface area is 122 Å². The summed E-state index contributed by atoms with van der Waals surface area (Å²) in [7, 11) is -2.58. The van der Waals surface area contributed by atoms with E-state index in [0.29, 0.717) is 5.69 Å². The molecule has 2 aromatic carbocycles. The van der Waals surface area contributed by atoms with Gasteiger partial charge in [-0.15, -0.1) is 0 Å². The fraction of sp³-hybridized carbons (Fsp3) is 0.0714. The van der Waals surface area contributed by atoms with Crippen molar-refractivity contribution in [2.24, 2.45) is 0 Å². The maximum Gasteiger partial charge on any atom is 0.339 e. The summed E-state index contributed by atoms with van der Waals surface area (Å²) in [4.78, 5) is 11.7. The smallest absolute Gasteiger partial charge is 0.339 e. The Morgan fingerprint density at radius 3 is 2.33 bits per heavy atom. The normalized spacial score (nSPS) is 10.9. The molecule has 0 bridgehead atoms. The molecule has 0 unspecified atom stereocenters. The van der Waals surface area contributed by atoms with Gasteiger partial charge >= 0.3 is 5.97 Å². The van der Waals surface area contributed by atoms with Crippen LogP contribution < -0.4 is 10.5 Å². The van der Waals surface area contributed by atoms with Crippen LogP contribution in [0.15, 0.2) is 53.4 Å². The molecule has 6 nitrogen and oxygen atoms in total. The van der Waals surface area contributed by atoms with Gasteiger partial charge in [0, 0.05) is 5.69 Å². The Morgan fingerprint density at radius 1 is 1.10 bits per heavy atom. The van der Waals surface area contributed by atoms with E-state index in [1.54, 1.807) is 12.1 Å². The largest absolute Gasteiger partial charge is 0.465 e. The first-order valence-corrected chi connectivity index (χ1v) is 7.48. The van der Waals surface area contributed by atoms with Crippen molar-refractivity contribution < 1.29 is 17.9 Å². The molecule has 0 heterocycles. The zero-order valence-corrected chi connectivity index (χ0v) is 12.1. The minimum atomic E-state index is -3.81. The highest BCUT2D eigenvalue weighted by Gasteiger charge is 2.18. The first kappa shape index (κ1) is 14.9. The quantitative estimate of drug-likeness (QED) is 0.663. The number of esters is 1. The molecule has 2 rings (SSSR count). The average Bonchev–Trinajstić information content (AvgIpc) is 2.47. The second-order valence-electron chi connectivity index (χ2n) is 4.21. The van der Waals surface area contributed by atoms with Gasteiger partial charge < -0.3 is 10.5 Å². The van der Waals surface area contributed by atoms with Gasteiger partial charge in [0.15, 0.2) is 0 Å². The number of hydrogen-bond donors (Lipinski definition) is 2. The highest BCUT2D eigenvalue weighted by molar-refractivity contribution is 7.92. The lowest BCUT2D eigenvalue weighted by atomic mass is 10.2. The van der Waals surface area contributed by atoms with E-state index in [1.165, 1.54) is 43.5 Å². The number of sulfonamides is 1. The van der Waals surface area contributed by atoms with E-state index in [-0.39, 0.29) is 16.1 Å². The van der Waals surface area contributed by atoms with Crippen molar-refractivity contribution in [2.75, 3.05) is 17.6 Å². The van der Waals surface area contributed by atoms with Crippen LogP contribution in [0.4, 0.5) is 11.4 Å². The van der Waals surface area contributed by atoms with E-state index in [2.05, 4.69) is 9.46 Å². The summed E-state index contributed by atoms with van der Waals surface area (Å²) in [5.41, 5.74) is 6.28. The van der Waals surface area contributed by atoms with E-state index < -0.39 is 16.0 Å². The Bertz CT molecular complexity index is 755. The summed E-state index contributed by atoms with van der Waals surface area (Å²) in [6.07, 6.45) is 0. The Balaban J connectivity index is 2.37. The van der Waals surface area contributed by atoms with Gasteiger partial charge in [0.2, 0.25) is 0 Å². The third kappa shape index (κ3) is 3.32. The van der Waals surface area contributed by atoms with E-state index in [4.69, 9.17) is 5.73 Å². The minimum absolute atomic E-state index is 0.0522. The van der Waals surface area contributed by atoms with Gasteiger partial charge in [0.25, 0.3) is 10.0 Å². The van der Waals surface area contributed by atoms with Crippen molar-refractivity contribution in [3.05, 3.63) is 54.1 Å². The van der Waals surface area contributed by atoms with E-state index in [1.807, 2.05) is 0 Å². The maximum absolute atomic E-state index is 12.3. The number of anilines is 2. The number of carbonyl (C=O) groups is 1. The second kappa shape index (κ2) is 5.84. The first-order valence-electron chi connectivity index (χ1n) is 6.00. The lowest BCUT2D eigenvalue weighted by Gasteiger charge is -2.11. The maximum atomic E-state index is 12.3. The van der Waals surface area contributed by atoms with Crippen molar-refractivity contribution in [1.29, 1.82) is 0 Å². The molecule has 0 saturated carbocycles. The fourth-order valence-corrected chi connectivity index (χ4v) is 2.79. The van der Waals surface area contributed by atoms with Gasteiger partial charge in [-0.3, -0.25) is 4.72 Å². The lowest BCUT2D eigenvalue weighted by Crippen LogP contribution is -2.16. The standard InChI is InChI=1S/C14H14N2O4S/c1-20-14(17)12-4-2-3-5-13(12)16-21(18,19)11-8-6-10(15)7-9-11/h2-9,16H,15H2,1H3.